The number of carbonyl (C=O) groups is 3. The maximum atomic E-state index is 12.7. The zero-order chi connectivity index (χ0) is 17.6. The Morgan fingerprint density at radius 2 is 2.00 bits per heavy atom. The number of nitrogens with zero attached hydrogens (tertiary/aromatic N) is 3. The van der Waals surface area contributed by atoms with E-state index in [1.807, 2.05) is 0 Å². The SMILES string of the molecule is CCOC(=O)/C(=C\N(C)C)C(=O)c1c(Cl)ncnc1NC(C)=O. The third-order valence-electron chi connectivity index (χ3n) is 2.45. The Bertz CT molecular complexity index is 658. The second kappa shape index (κ2) is 8.23. The van der Waals surface area contributed by atoms with Crippen LogP contribution >= 0.6 is 11.6 Å². The Kier molecular flexibility index (Phi) is 6.65. The number of anilines is 1. The van der Waals surface area contributed by atoms with Crippen LogP contribution in [-0.4, -0.2) is 53.2 Å². The summed E-state index contributed by atoms with van der Waals surface area (Å²) in [6.45, 7) is 2.98. The van der Waals surface area contributed by atoms with E-state index in [1.165, 1.54) is 18.0 Å². The van der Waals surface area contributed by atoms with Crippen LogP contribution in [0.5, 0.6) is 0 Å². The highest BCUT2D eigenvalue weighted by Crippen LogP contribution is 2.24. The molecule has 23 heavy (non-hydrogen) atoms. The smallest absolute Gasteiger partial charge is 0.343 e. The van der Waals surface area contributed by atoms with Gasteiger partial charge in [-0.1, -0.05) is 11.6 Å². The van der Waals surface area contributed by atoms with Crippen molar-refractivity contribution >= 4 is 35.1 Å². The van der Waals surface area contributed by atoms with Crippen molar-refractivity contribution in [2.75, 3.05) is 26.0 Å². The summed E-state index contributed by atoms with van der Waals surface area (Å²) in [7, 11) is 3.29. The molecule has 1 N–H and O–H groups in total. The predicted molar refractivity (Wildman–Crippen MR) is 84.1 cm³/mol. The number of hydrogen-bond donors (Lipinski definition) is 1. The zero-order valence-corrected chi connectivity index (χ0v) is 14.0. The summed E-state index contributed by atoms with van der Waals surface area (Å²) in [4.78, 5) is 45.0. The molecule has 1 aromatic rings. The minimum Gasteiger partial charge on any atom is -0.462 e. The van der Waals surface area contributed by atoms with Gasteiger partial charge in [-0.2, -0.15) is 0 Å². The summed E-state index contributed by atoms with van der Waals surface area (Å²) in [5.74, 6) is -2.06. The first kappa shape index (κ1) is 18.6. The number of carbonyl (C=O) groups excluding carboxylic acids is 3. The second-order valence-electron chi connectivity index (χ2n) is 4.63. The summed E-state index contributed by atoms with van der Waals surface area (Å²) in [6, 6.07) is 0. The molecule has 8 nitrogen and oxygen atoms in total. The lowest BCUT2D eigenvalue weighted by molar-refractivity contribution is -0.138. The topological polar surface area (TPSA) is 101 Å². The average Bonchev–Trinajstić information content (AvgIpc) is 2.43. The molecule has 0 atom stereocenters. The maximum Gasteiger partial charge on any atom is 0.343 e. The molecule has 124 valence electrons. The van der Waals surface area contributed by atoms with Gasteiger partial charge in [0, 0.05) is 27.2 Å². The van der Waals surface area contributed by atoms with E-state index in [9.17, 15) is 14.4 Å². The van der Waals surface area contributed by atoms with Gasteiger partial charge < -0.3 is 15.0 Å². The summed E-state index contributed by atoms with van der Waals surface area (Å²) < 4.78 is 4.88. The van der Waals surface area contributed by atoms with Gasteiger partial charge in [0.2, 0.25) is 11.7 Å². The van der Waals surface area contributed by atoms with E-state index in [1.54, 1.807) is 21.0 Å². The number of ether oxygens (including phenoxy) is 1. The second-order valence-corrected chi connectivity index (χ2v) is 4.98. The lowest BCUT2D eigenvalue weighted by Crippen LogP contribution is -2.22. The minimum atomic E-state index is -0.806. The molecule has 1 heterocycles. The van der Waals surface area contributed by atoms with Crippen molar-refractivity contribution in [2.45, 2.75) is 13.8 Å². The number of rotatable bonds is 6. The van der Waals surface area contributed by atoms with Crippen LogP contribution in [0.1, 0.15) is 24.2 Å². The van der Waals surface area contributed by atoms with E-state index >= 15 is 0 Å². The number of nitrogens with one attached hydrogen (secondary N) is 1. The Labute approximate surface area is 138 Å². The van der Waals surface area contributed by atoms with E-state index in [-0.39, 0.29) is 28.7 Å². The van der Waals surface area contributed by atoms with Crippen LogP contribution in [0.25, 0.3) is 0 Å². The van der Waals surface area contributed by atoms with Crippen molar-refractivity contribution in [3.05, 3.63) is 28.8 Å². The Morgan fingerprint density at radius 1 is 1.35 bits per heavy atom. The summed E-state index contributed by atoms with van der Waals surface area (Å²) in [5.41, 5.74) is -0.425. The molecule has 0 fully saturated rings. The van der Waals surface area contributed by atoms with Gasteiger partial charge in [-0.15, -0.1) is 0 Å². The zero-order valence-electron chi connectivity index (χ0n) is 13.2. The summed E-state index contributed by atoms with van der Waals surface area (Å²) >= 11 is 5.95. The lowest BCUT2D eigenvalue weighted by atomic mass is 10.1. The van der Waals surface area contributed by atoms with Crippen LogP contribution in [0.4, 0.5) is 5.82 Å². The molecule has 0 aliphatic heterocycles. The number of hydrogen-bond acceptors (Lipinski definition) is 7. The fourth-order valence-electron chi connectivity index (χ4n) is 1.63. The highest BCUT2D eigenvalue weighted by atomic mass is 35.5. The van der Waals surface area contributed by atoms with Crippen molar-refractivity contribution in [2.24, 2.45) is 0 Å². The van der Waals surface area contributed by atoms with Gasteiger partial charge in [0.25, 0.3) is 0 Å². The van der Waals surface area contributed by atoms with E-state index < -0.39 is 17.7 Å². The Morgan fingerprint density at radius 3 is 2.52 bits per heavy atom. The van der Waals surface area contributed by atoms with E-state index in [4.69, 9.17) is 16.3 Å². The van der Waals surface area contributed by atoms with Crippen LogP contribution < -0.4 is 5.32 Å². The van der Waals surface area contributed by atoms with Crippen LogP contribution in [0, 0.1) is 0 Å². The third kappa shape index (κ3) is 5.03. The van der Waals surface area contributed by atoms with Crippen LogP contribution in [0.15, 0.2) is 18.1 Å². The normalized spacial score (nSPS) is 10.9. The van der Waals surface area contributed by atoms with Gasteiger partial charge >= 0.3 is 5.97 Å². The summed E-state index contributed by atoms with van der Waals surface area (Å²) in [5, 5.41) is 2.21. The fraction of sp³-hybridized carbons (Fsp3) is 0.357. The highest BCUT2D eigenvalue weighted by Gasteiger charge is 2.27. The molecule has 0 spiro atoms. The highest BCUT2D eigenvalue weighted by molar-refractivity contribution is 6.37. The van der Waals surface area contributed by atoms with Gasteiger partial charge in [0.05, 0.1) is 6.61 Å². The van der Waals surface area contributed by atoms with Gasteiger partial charge in [0.1, 0.15) is 28.4 Å². The molecule has 1 amide bonds. The van der Waals surface area contributed by atoms with Gasteiger partial charge in [0.15, 0.2) is 0 Å². The number of amides is 1. The number of ketones is 1. The van der Waals surface area contributed by atoms with Crippen molar-refractivity contribution in [3.8, 4) is 0 Å². The molecule has 0 aliphatic carbocycles. The molecular weight excluding hydrogens is 324 g/mol. The predicted octanol–water partition coefficient (Wildman–Crippen LogP) is 1.28. The van der Waals surface area contributed by atoms with Gasteiger partial charge in [-0.25, -0.2) is 14.8 Å². The molecule has 0 radical (unpaired) electrons. The third-order valence-corrected chi connectivity index (χ3v) is 2.74. The van der Waals surface area contributed by atoms with Crippen LogP contribution in [0.3, 0.4) is 0 Å². The Balaban J connectivity index is 3.39. The van der Waals surface area contributed by atoms with Crippen molar-refractivity contribution in [3.63, 3.8) is 0 Å². The molecule has 0 saturated carbocycles. The lowest BCUT2D eigenvalue weighted by Gasteiger charge is -2.13. The molecular formula is C14H17ClN4O4. The standard InChI is InChI=1S/C14H17ClN4O4/c1-5-23-14(22)9(6-19(3)4)11(21)10-12(15)16-7-17-13(10)18-8(2)20/h6-7H,5H2,1-4H3,(H,16,17,18,20)/b9-6-. The van der Waals surface area contributed by atoms with Crippen molar-refractivity contribution in [1.82, 2.24) is 14.9 Å². The molecule has 1 aromatic heterocycles. The number of esters is 1. The molecule has 0 bridgehead atoms. The van der Waals surface area contributed by atoms with E-state index in [0.717, 1.165) is 6.33 Å². The molecule has 1 rings (SSSR count). The fourth-order valence-corrected chi connectivity index (χ4v) is 1.85. The number of Topliss-reactive ketones (excluding diaryl/α,β-unsaturated/α-hetero) is 1. The van der Waals surface area contributed by atoms with Crippen LogP contribution in [-0.2, 0) is 14.3 Å². The first-order valence-electron chi connectivity index (χ1n) is 6.66. The van der Waals surface area contributed by atoms with Crippen LogP contribution in [0.2, 0.25) is 5.15 Å². The first-order chi connectivity index (χ1) is 10.8. The monoisotopic (exact) mass is 340 g/mol. The summed E-state index contributed by atoms with van der Waals surface area (Å²) in [6.07, 6.45) is 2.41. The quantitative estimate of drug-likeness (QED) is 0.208. The first-order valence-corrected chi connectivity index (χ1v) is 7.03. The van der Waals surface area contributed by atoms with E-state index in [0.29, 0.717) is 0 Å². The number of aromatic nitrogens is 2. The van der Waals surface area contributed by atoms with E-state index in [2.05, 4.69) is 15.3 Å². The molecule has 0 aliphatic rings. The number of halogens is 1. The Hall–Kier alpha value is -2.48. The van der Waals surface area contributed by atoms with Crippen molar-refractivity contribution < 1.29 is 19.1 Å². The van der Waals surface area contributed by atoms with Gasteiger partial charge in [-0.05, 0) is 6.92 Å². The van der Waals surface area contributed by atoms with Crippen molar-refractivity contribution in [1.29, 1.82) is 0 Å². The molecule has 0 aromatic carbocycles. The molecule has 9 heteroatoms. The largest absolute Gasteiger partial charge is 0.462 e. The maximum absolute atomic E-state index is 12.7. The minimum absolute atomic E-state index is 0.0727. The average molecular weight is 341 g/mol. The molecule has 0 saturated heterocycles. The molecule has 0 unspecified atom stereocenters. The van der Waals surface area contributed by atoms with Gasteiger partial charge in [-0.3, -0.25) is 9.59 Å².